The van der Waals surface area contributed by atoms with Gasteiger partial charge in [0.2, 0.25) is 0 Å². The van der Waals surface area contributed by atoms with Gasteiger partial charge in [0.05, 0.1) is 5.69 Å². The lowest BCUT2D eigenvalue weighted by molar-refractivity contribution is 0.202. The molecular weight excluding hydrogens is 344 g/mol. The van der Waals surface area contributed by atoms with Gasteiger partial charge >= 0.3 is 6.03 Å². The van der Waals surface area contributed by atoms with Gasteiger partial charge in [-0.05, 0) is 45.3 Å². The smallest absolute Gasteiger partial charge is 0.319 e. The van der Waals surface area contributed by atoms with E-state index in [0.717, 1.165) is 30.1 Å². The Morgan fingerprint density at radius 2 is 1.88 bits per heavy atom. The number of rotatable bonds is 6. The quantitative estimate of drug-likeness (QED) is 0.780. The number of aromatic nitrogens is 1. The number of benzene rings is 1. The maximum atomic E-state index is 12.9. The van der Waals surface area contributed by atoms with Crippen molar-refractivity contribution in [3.63, 3.8) is 0 Å². The van der Waals surface area contributed by atoms with Gasteiger partial charge in [0.1, 0.15) is 0 Å². The van der Waals surface area contributed by atoms with Crippen LogP contribution in [0.15, 0.2) is 30.3 Å². The number of hydrogen-bond acceptors (Lipinski definition) is 4. The summed E-state index contributed by atoms with van der Waals surface area (Å²) in [5.74, 6) is 0. The number of urea groups is 1. The van der Waals surface area contributed by atoms with Crippen molar-refractivity contribution in [2.24, 2.45) is 0 Å². The largest absolute Gasteiger partial charge is 0.323 e. The van der Waals surface area contributed by atoms with E-state index in [1.807, 2.05) is 37.2 Å². The molecule has 1 N–H and O–H groups in total. The van der Waals surface area contributed by atoms with Crippen LogP contribution in [-0.4, -0.2) is 48.0 Å². The van der Waals surface area contributed by atoms with Crippen LogP contribution in [0.4, 0.5) is 9.93 Å². The molecule has 140 valence electrons. The maximum absolute atomic E-state index is 12.9. The molecule has 1 aliphatic rings. The highest BCUT2D eigenvalue weighted by Crippen LogP contribution is 2.29. The van der Waals surface area contributed by atoms with Gasteiger partial charge in [-0.15, -0.1) is 11.3 Å². The molecule has 0 saturated carbocycles. The lowest BCUT2D eigenvalue weighted by atomic mass is 10.2. The van der Waals surface area contributed by atoms with Crippen LogP contribution < -0.4 is 5.32 Å². The number of thiazole rings is 1. The van der Waals surface area contributed by atoms with E-state index < -0.39 is 0 Å². The standard InChI is InChI=1S/C20H28N4OS/c1-23(2)13-14-24(15-16-9-5-3-6-10-16)20(25)22-19-21-17-11-7-4-8-12-18(17)26-19/h3,5-6,9-10H,4,7-8,11-15H2,1-2H3,(H,21,22,25). The highest BCUT2D eigenvalue weighted by molar-refractivity contribution is 7.15. The third-order valence-electron chi connectivity index (χ3n) is 4.63. The number of hydrogen-bond donors (Lipinski definition) is 1. The van der Waals surface area contributed by atoms with Crippen LogP contribution in [0.2, 0.25) is 0 Å². The normalized spacial score (nSPS) is 14.0. The van der Waals surface area contributed by atoms with Gasteiger partial charge < -0.3 is 9.80 Å². The van der Waals surface area contributed by atoms with E-state index in [0.29, 0.717) is 13.1 Å². The second-order valence-corrected chi connectivity index (χ2v) is 8.17. The van der Waals surface area contributed by atoms with E-state index >= 15 is 0 Å². The Bertz CT molecular complexity index is 690. The Morgan fingerprint density at radius 1 is 1.12 bits per heavy atom. The first-order valence-electron chi connectivity index (χ1n) is 9.35. The Morgan fingerprint density at radius 3 is 2.65 bits per heavy atom. The molecule has 1 aromatic carbocycles. The first kappa shape index (κ1) is 18.9. The highest BCUT2D eigenvalue weighted by atomic mass is 32.1. The molecule has 2 amide bonds. The summed E-state index contributed by atoms with van der Waals surface area (Å²) in [5, 5.41) is 3.78. The van der Waals surface area contributed by atoms with E-state index in [-0.39, 0.29) is 6.03 Å². The summed E-state index contributed by atoms with van der Waals surface area (Å²) in [5.41, 5.74) is 2.32. The summed E-state index contributed by atoms with van der Waals surface area (Å²) >= 11 is 1.64. The number of anilines is 1. The van der Waals surface area contributed by atoms with Crippen LogP contribution in [0.5, 0.6) is 0 Å². The van der Waals surface area contributed by atoms with Crippen LogP contribution in [0.25, 0.3) is 0 Å². The van der Waals surface area contributed by atoms with Gasteiger partial charge in [-0.3, -0.25) is 5.32 Å². The molecule has 0 aliphatic heterocycles. The van der Waals surface area contributed by atoms with Crippen LogP contribution in [0.3, 0.4) is 0 Å². The summed E-state index contributed by atoms with van der Waals surface area (Å²) in [4.78, 5) is 22.9. The molecule has 1 aliphatic carbocycles. The molecule has 0 fully saturated rings. The molecular formula is C20H28N4OS. The van der Waals surface area contributed by atoms with Crippen molar-refractivity contribution in [2.45, 2.75) is 38.6 Å². The summed E-state index contributed by atoms with van der Waals surface area (Å²) in [6.45, 7) is 2.11. The maximum Gasteiger partial charge on any atom is 0.323 e. The minimum absolute atomic E-state index is 0.0698. The number of aryl methyl sites for hydroxylation is 2. The average molecular weight is 373 g/mol. The minimum Gasteiger partial charge on any atom is -0.319 e. The Hall–Kier alpha value is -1.92. The number of amides is 2. The van der Waals surface area contributed by atoms with Gasteiger partial charge in [-0.25, -0.2) is 9.78 Å². The second kappa shape index (κ2) is 9.14. The molecule has 5 nitrogen and oxygen atoms in total. The monoisotopic (exact) mass is 372 g/mol. The zero-order valence-electron chi connectivity index (χ0n) is 15.7. The van der Waals surface area contributed by atoms with Gasteiger partial charge in [0.15, 0.2) is 5.13 Å². The Labute approximate surface area is 160 Å². The number of likely N-dealkylation sites (N-methyl/N-ethyl adjacent to an activating group) is 1. The van der Waals surface area contributed by atoms with Crippen LogP contribution in [0.1, 0.15) is 35.4 Å². The molecule has 0 saturated heterocycles. The first-order valence-corrected chi connectivity index (χ1v) is 10.2. The van der Waals surface area contributed by atoms with E-state index in [9.17, 15) is 4.79 Å². The van der Waals surface area contributed by atoms with Crippen LogP contribution in [0, 0.1) is 0 Å². The van der Waals surface area contributed by atoms with E-state index in [4.69, 9.17) is 0 Å². The molecule has 2 aromatic rings. The highest BCUT2D eigenvalue weighted by Gasteiger charge is 2.19. The lowest BCUT2D eigenvalue weighted by Crippen LogP contribution is -2.39. The minimum atomic E-state index is -0.0698. The summed E-state index contributed by atoms with van der Waals surface area (Å²) in [7, 11) is 4.05. The fourth-order valence-corrected chi connectivity index (χ4v) is 4.17. The number of fused-ring (bicyclic) bond motifs is 1. The second-order valence-electron chi connectivity index (χ2n) is 7.09. The third-order valence-corrected chi connectivity index (χ3v) is 5.70. The van der Waals surface area contributed by atoms with Crippen molar-refractivity contribution < 1.29 is 4.79 Å². The van der Waals surface area contributed by atoms with Crippen LogP contribution >= 0.6 is 11.3 Å². The predicted octanol–water partition coefficient (Wildman–Crippen LogP) is 4.01. The van der Waals surface area contributed by atoms with Gasteiger partial charge in [-0.1, -0.05) is 36.8 Å². The molecule has 6 heteroatoms. The van der Waals surface area contributed by atoms with Crippen molar-refractivity contribution in [1.29, 1.82) is 0 Å². The molecule has 0 atom stereocenters. The SMILES string of the molecule is CN(C)CCN(Cc1ccccc1)C(=O)Nc1nc2c(s1)CCCCC2. The number of nitrogens with zero attached hydrogens (tertiary/aromatic N) is 3. The van der Waals surface area contributed by atoms with Crippen molar-refractivity contribution in [3.05, 3.63) is 46.5 Å². The molecule has 1 heterocycles. The van der Waals surface area contributed by atoms with Crippen LogP contribution in [-0.2, 0) is 19.4 Å². The van der Waals surface area contributed by atoms with Crippen molar-refractivity contribution in [2.75, 3.05) is 32.5 Å². The molecule has 0 spiro atoms. The molecule has 0 unspecified atom stereocenters. The van der Waals surface area contributed by atoms with Crippen molar-refractivity contribution in [1.82, 2.24) is 14.8 Å². The van der Waals surface area contributed by atoms with E-state index in [2.05, 4.69) is 27.3 Å². The number of carbonyl (C=O) groups is 1. The van der Waals surface area contributed by atoms with Crippen molar-refractivity contribution >= 4 is 22.5 Å². The molecule has 1 aromatic heterocycles. The van der Waals surface area contributed by atoms with Crippen molar-refractivity contribution in [3.8, 4) is 0 Å². The fraction of sp³-hybridized carbons (Fsp3) is 0.500. The fourth-order valence-electron chi connectivity index (χ4n) is 3.13. The number of carbonyl (C=O) groups excluding carboxylic acids is 1. The van der Waals surface area contributed by atoms with Gasteiger partial charge in [-0.2, -0.15) is 0 Å². The van der Waals surface area contributed by atoms with E-state index in [1.54, 1.807) is 11.3 Å². The molecule has 0 radical (unpaired) electrons. The molecule has 3 rings (SSSR count). The third kappa shape index (κ3) is 5.29. The number of nitrogens with one attached hydrogen (secondary N) is 1. The predicted molar refractivity (Wildman–Crippen MR) is 108 cm³/mol. The zero-order valence-corrected chi connectivity index (χ0v) is 16.5. The van der Waals surface area contributed by atoms with Gasteiger partial charge in [0.25, 0.3) is 0 Å². The average Bonchev–Trinajstić information content (AvgIpc) is 2.87. The lowest BCUT2D eigenvalue weighted by Gasteiger charge is -2.24. The topological polar surface area (TPSA) is 48.5 Å². The Kier molecular flexibility index (Phi) is 6.63. The molecule has 26 heavy (non-hydrogen) atoms. The molecule has 0 bridgehead atoms. The first-order chi connectivity index (χ1) is 12.6. The summed E-state index contributed by atoms with van der Waals surface area (Å²) in [6.07, 6.45) is 5.84. The van der Waals surface area contributed by atoms with E-state index in [1.165, 1.54) is 29.8 Å². The summed E-state index contributed by atoms with van der Waals surface area (Å²) in [6, 6.07) is 10.1. The summed E-state index contributed by atoms with van der Waals surface area (Å²) < 4.78 is 0. The zero-order chi connectivity index (χ0) is 18.4. The van der Waals surface area contributed by atoms with Gasteiger partial charge in [0, 0.05) is 24.5 Å². The Balaban J connectivity index is 1.68.